The zero-order valence-electron chi connectivity index (χ0n) is 16.3. The number of carbonyl (C=O) groups excluding carboxylic acids is 2. The Morgan fingerprint density at radius 2 is 1.97 bits per heavy atom. The van der Waals surface area contributed by atoms with Gasteiger partial charge in [0.2, 0.25) is 5.91 Å². The number of para-hydroxylation sites is 1. The van der Waals surface area contributed by atoms with Gasteiger partial charge in [0.05, 0.1) is 17.1 Å². The number of benzene rings is 1. The number of nitrogens with zero attached hydrogens (tertiary/aromatic N) is 2. The molecule has 1 aromatic carbocycles. The number of fused-ring (bicyclic) bond motifs is 1. The first kappa shape index (κ1) is 23.4. The Morgan fingerprint density at radius 3 is 2.76 bits per heavy atom. The van der Waals surface area contributed by atoms with Crippen LogP contribution in [0.4, 0.5) is 0 Å². The fraction of sp³-hybridized carbons (Fsp3) is 0.476. The predicted molar refractivity (Wildman–Crippen MR) is 119 cm³/mol. The highest BCUT2D eigenvalue weighted by Crippen LogP contribution is 2.22. The van der Waals surface area contributed by atoms with Gasteiger partial charge >= 0.3 is 0 Å². The summed E-state index contributed by atoms with van der Waals surface area (Å²) in [5, 5.41) is 7.28. The lowest BCUT2D eigenvalue weighted by atomic mass is 9.96. The third-order valence-corrected chi connectivity index (χ3v) is 5.61. The molecule has 0 bridgehead atoms. The Labute approximate surface area is 183 Å². The second kappa shape index (κ2) is 10.8. The van der Waals surface area contributed by atoms with Crippen molar-refractivity contribution in [1.82, 2.24) is 20.5 Å². The second-order valence-electron chi connectivity index (χ2n) is 7.53. The molecule has 6 nitrogen and oxygen atoms in total. The molecular weight excluding hydrogens is 411 g/mol. The predicted octanol–water partition coefficient (Wildman–Crippen LogP) is 2.80. The van der Waals surface area contributed by atoms with Gasteiger partial charge in [0, 0.05) is 31.2 Å². The van der Waals surface area contributed by atoms with Gasteiger partial charge in [-0.2, -0.15) is 0 Å². The lowest BCUT2D eigenvalue weighted by molar-refractivity contribution is -0.123. The van der Waals surface area contributed by atoms with Crippen LogP contribution in [-0.4, -0.2) is 53.9 Å². The molecule has 2 amide bonds. The van der Waals surface area contributed by atoms with Crippen LogP contribution in [0.5, 0.6) is 0 Å². The maximum Gasteiger partial charge on any atom is 0.256 e. The number of hydrogen-bond donors (Lipinski definition) is 2. The smallest absolute Gasteiger partial charge is 0.256 e. The van der Waals surface area contributed by atoms with E-state index in [9.17, 15) is 9.59 Å². The van der Waals surface area contributed by atoms with E-state index >= 15 is 0 Å². The van der Waals surface area contributed by atoms with E-state index in [2.05, 4.69) is 15.6 Å². The summed E-state index contributed by atoms with van der Waals surface area (Å²) in [5.41, 5.74) is 1.42. The highest BCUT2D eigenvalue weighted by Gasteiger charge is 2.27. The SMILES string of the molecule is Cl.Cl.O=C(NCC1CCCN(C(=O)c2cccc3cccnc23)C1)C1CCCN1. The molecule has 2 fully saturated rings. The van der Waals surface area contributed by atoms with Crippen LogP contribution < -0.4 is 10.6 Å². The maximum absolute atomic E-state index is 13.1. The minimum absolute atomic E-state index is 0. The Morgan fingerprint density at radius 1 is 1.14 bits per heavy atom. The van der Waals surface area contributed by atoms with Crippen molar-refractivity contribution in [3.63, 3.8) is 0 Å². The van der Waals surface area contributed by atoms with Gasteiger partial charge in [0.25, 0.3) is 5.91 Å². The first-order valence-corrected chi connectivity index (χ1v) is 9.86. The molecule has 0 saturated carbocycles. The Bertz CT molecular complexity index is 837. The number of piperidine rings is 1. The molecule has 0 radical (unpaired) electrons. The molecule has 2 aliphatic heterocycles. The van der Waals surface area contributed by atoms with E-state index in [-0.39, 0.29) is 42.7 Å². The van der Waals surface area contributed by atoms with Crippen LogP contribution in [0.15, 0.2) is 36.5 Å². The van der Waals surface area contributed by atoms with Crippen molar-refractivity contribution >= 4 is 47.5 Å². The Kier molecular flexibility index (Phi) is 8.68. The van der Waals surface area contributed by atoms with Crippen LogP contribution in [0.25, 0.3) is 10.9 Å². The summed E-state index contributed by atoms with van der Waals surface area (Å²) in [7, 11) is 0. The van der Waals surface area contributed by atoms with Crippen molar-refractivity contribution < 1.29 is 9.59 Å². The van der Waals surface area contributed by atoms with Crippen LogP contribution in [-0.2, 0) is 4.79 Å². The topological polar surface area (TPSA) is 74.3 Å². The third-order valence-electron chi connectivity index (χ3n) is 5.61. The van der Waals surface area contributed by atoms with Gasteiger partial charge < -0.3 is 15.5 Å². The second-order valence-corrected chi connectivity index (χ2v) is 7.53. The summed E-state index contributed by atoms with van der Waals surface area (Å²) in [6.07, 6.45) is 5.70. The number of halogens is 2. The standard InChI is InChI=1S/C21H26N4O2.2ClH/c26-20(18-9-3-10-22-18)24-13-15-5-4-12-25(14-15)21(27)17-8-1-6-16-7-2-11-23-19(16)17;;/h1-2,6-8,11,15,18,22H,3-5,9-10,12-14H2,(H,24,26);2*1H. The van der Waals surface area contributed by atoms with E-state index in [1.807, 2.05) is 35.2 Å². The Hall–Kier alpha value is -1.89. The molecule has 2 aliphatic rings. The quantitative estimate of drug-likeness (QED) is 0.769. The molecule has 2 atom stereocenters. The zero-order chi connectivity index (χ0) is 18.6. The molecule has 3 heterocycles. The van der Waals surface area contributed by atoms with Gasteiger partial charge in [-0.15, -0.1) is 24.8 Å². The number of rotatable bonds is 4. The summed E-state index contributed by atoms with van der Waals surface area (Å²) < 4.78 is 0. The van der Waals surface area contributed by atoms with Gasteiger partial charge in [0.15, 0.2) is 0 Å². The van der Waals surface area contributed by atoms with Crippen LogP contribution in [0.3, 0.4) is 0 Å². The molecule has 29 heavy (non-hydrogen) atoms. The molecule has 2 aromatic rings. The number of nitrogens with one attached hydrogen (secondary N) is 2. The fourth-order valence-electron chi connectivity index (χ4n) is 4.14. The summed E-state index contributed by atoms with van der Waals surface area (Å²) in [6.45, 7) is 2.99. The van der Waals surface area contributed by atoms with Crippen LogP contribution in [0.1, 0.15) is 36.0 Å². The monoisotopic (exact) mass is 438 g/mol. The first-order chi connectivity index (χ1) is 13.2. The van der Waals surface area contributed by atoms with Crippen molar-refractivity contribution in [3.8, 4) is 0 Å². The lowest BCUT2D eigenvalue weighted by Gasteiger charge is -2.33. The maximum atomic E-state index is 13.1. The van der Waals surface area contributed by atoms with Crippen molar-refractivity contribution in [3.05, 3.63) is 42.1 Å². The van der Waals surface area contributed by atoms with E-state index in [1.54, 1.807) is 6.20 Å². The van der Waals surface area contributed by atoms with Gasteiger partial charge in [-0.05, 0) is 50.3 Å². The third kappa shape index (κ3) is 5.38. The molecule has 0 aliphatic carbocycles. The Balaban J connectivity index is 0.00000150. The molecule has 158 valence electrons. The van der Waals surface area contributed by atoms with Crippen LogP contribution in [0.2, 0.25) is 0 Å². The lowest BCUT2D eigenvalue weighted by Crippen LogP contribution is -2.46. The van der Waals surface area contributed by atoms with Crippen molar-refractivity contribution in [2.45, 2.75) is 31.7 Å². The fourth-order valence-corrected chi connectivity index (χ4v) is 4.14. The molecule has 1 aromatic heterocycles. The van der Waals surface area contributed by atoms with E-state index in [0.717, 1.165) is 49.7 Å². The normalized spacial score (nSPS) is 21.2. The number of carbonyl (C=O) groups is 2. The highest BCUT2D eigenvalue weighted by molar-refractivity contribution is 6.05. The number of pyridine rings is 1. The summed E-state index contributed by atoms with van der Waals surface area (Å²) in [4.78, 5) is 31.6. The van der Waals surface area contributed by atoms with Gasteiger partial charge in [0.1, 0.15) is 0 Å². The van der Waals surface area contributed by atoms with E-state index in [1.165, 1.54) is 0 Å². The molecule has 8 heteroatoms. The van der Waals surface area contributed by atoms with Gasteiger partial charge in [-0.3, -0.25) is 14.6 Å². The number of hydrogen-bond acceptors (Lipinski definition) is 4. The average Bonchev–Trinajstić information content (AvgIpc) is 3.26. The van der Waals surface area contributed by atoms with Gasteiger partial charge in [-0.25, -0.2) is 0 Å². The highest BCUT2D eigenvalue weighted by atomic mass is 35.5. The van der Waals surface area contributed by atoms with Gasteiger partial charge in [-0.1, -0.05) is 18.2 Å². The van der Waals surface area contributed by atoms with E-state index < -0.39 is 0 Å². The number of aromatic nitrogens is 1. The molecule has 2 N–H and O–H groups in total. The van der Waals surface area contributed by atoms with Crippen molar-refractivity contribution in [2.24, 2.45) is 5.92 Å². The number of amides is 2. The average molecular weight is 439 g/mol. The van der Waals surface area contributed by atoms with E-state index in [0.29, 0.717) is 24.6 Å². The van der Waals surface area contributed by atoms with Crippen molar-refractivity contribution in [2.75, 3.05) is 26.2 Å². The van der Waals surface area contributed by atoms with Crippen molar-refractivity contribution in [1.29, 1.82) is 0 Å². The number of likely N-dealkylation sites (tertiary alicyclic amines) is 1. The first-order valence-electron chi connectivity index (χ1n) is 9.86. The molecule has 0 spiro atoms. The molecule has 2 unspecified atom stereocenters. The summed E-state index contributed by atoms with van der Waals surface area (Å²) in [6, 6.07) is 9.56. The van der Waals surface area contributed by atoms with E-state index in [4.69, 9.17) is 0 Å². The summed E-state index contributed by atoms with van der Waals surface area (Å²) >= 11 is 0. The van der Waals surface area contributed by atoms with Crippen LogP contribution in [0, 0.1) is 5.92 Å². The molecular formula is C21H28Cl2N4O2. The summed E-state index contributed by atoms with van der Waals surface area (Å²) in [5.74, 6) is 0.429. The minimum Gasteiger partial charge on any atom is -0.354 e. The largest absolute Gasteiger partial charge is 0.354 e. The molecule has 4 rings (SSSR count). The zero-order valence-corrected chi connectivity index (χ0v) is 17.9. The minimum atomic E-state index is -0.0481. The molecule has 2 saturated heterocycles. The van der Waals surface area contributed by atoms with Crippen LogP contribution >= 0.6 is 24.8 Å².